The Morgan fingerprint density at radius 3 is 2.95 bits per heavy atom. The molecule has 2 unspecified atom stereocenters. The van der Waals surface area contributed by atoms with Crippen molar-refractivity contribution in [2.45, 2.75) is 36.7 Å². The zero-order chi connectivity index (χ0) is 15.0. The number of thioether (sulfide) groups is 1. The minimum Gasteiger partial charge on any atom is -0.392 e. The van der Waals surface area contributed by atoms with Crippen LogP contribution in [0, 0.1) is 0 Å². The standard InChI is InChI=1S/C16H19BrN2OS/c1-3-12-16(17)13(19(2)18-12)8-14(20)11-9-21-15-7-5-4-6-10(11)15/h4-7,11,14,20H,3,8-9H2,1-2H3. The van der Waals surface area contributed by atoms with Crippen molar-refractivity contribution < 1.29 is 5.11 Å². The fraction of sp³-hybridized carbons (Fsp3) is 0.438. The van der Waals surface area contributed by atoms with Crippen molar-refractivity contribution in [1.82, 2.24) is 9.78 Å². The topological polar surface area (TPSA) is 38.0 Å². The lowest BCUT2D eigenvalue weighted by Crippen LogP contribution is -2.22. The Morgan fingerprint density at radius 1 is 1.48 bits per heavy atom. The minimum absolute atomic E-state index is 0.207. The van der Waals surface area contributed by atoms with E-state index in [2.05, 4.69) is 52.2 Å². The largest absolute Gasteiger partial charge is 0.392 e. The van der Waals surface area contributed by atoms with Crippen LogP contribution in [0.4, 0.5) is 0 Å². The summed E-state index contributed by atoms with van der Waals surface area (Å²) in [5.74, 6) is 1.16. The van der Waals surface area contributed by atoms with Crippen molar-refractivity contribution >= 4 is 27.7 Å². The number of rotatable bonds is 4. The van der Waals surface area contributed by atoms with Crippen molar-refractivity contribution in [2.24, 2.45) is 7.05 Å². The third kappa shape index (κ3) is 2.79. The summed E-state index contributed by atoms with van der Waals surface area (Å²) in [5.41, 5.74) is 3.42. The molecule has 1 aromatic heterocycles. The minimum atomic E-state index is -0.377. The van der Waals surface area contributed by atoms with Gasteiger partial charge in [0.2, 0.25) is 0 Å². The zero-order valence-electron chi connectivity index (χ0n) is 12.2. The normalized spacial score (nSPS) is 18.8. The summed E-state index contributed by atoms with van der Waals surface area (Å²) in [6.45, 7) is 2.09. The molecule has 0 amide bonds. The maximum absolute atomic E-state index is 10.7. The van der Waals surface area contributed by atoms with Crippen LogP contribution in [0.15, 0.2) is 33.6 Å². The molecule has 0 spiro atoms. The Bertz CT molecular complexity index is 656. The van der Waals surface area contributed by atoms with Crippen LogP contribution in [0.1, 0.15) is 29.8 Å². The van der Waals surface area contributed by atoms with Crippen LogP contribution in [0.25, 0.3) is 0 Å². The van der Waals surface area contributed by atoms with Gasteiger partial charge in [-0.3, -0.25) is 4.68 Å². The molecular formula is C16H19BrN2OS. The quantitative estimate of drug-likeness (QED) is 0.898. The van der Waals surface area contributed by atoms with E-state index in [1.807, 2.05) is 23.5 Å². The summed E-state index contributed by atoms with van der Waals surface area (Å²) >= 11 is 5.47. The third-order valence-corrected chi connectivity index (χ3v) is 6.23. The first-order valence-corrected chi connectivity index (χ1v) is 8.99. The summed E-state index contributed by atoms with van der Waals surface area (Å²) < 4.78 is 2.94. The molecule has 0 fully saturated rings. The number of hydrogen-bond donors (Lipinski definition) is 1. The van der Waals surface area contributed by atoms with Gasteiger partial charge < -0.3 is 5.11 Å². The highest BCUT2D eigenvalue weighted by molar-refractivity contribution is 9.10. The van der Waals surface area contributed by atoms with Gasteiger partial charge in [0.05, 0.1) is 22.0 Å². The number of fused-ring (bicyclic) bond motifs is 1. The predicted octanol–water partition coefficient (Wildman–Crippen LogP) is 3.54. The van der Waals surface area contributed by atoms with E-state index in [9.17, 15) is 5.11 Å². The number of hydrogen-bond acceptors (Lipinski definition) is 3. The van der Waals surface area contributed by atoms with Gasteiger partial charge in [0.15, 0.2) is 0 Å². The van der Waals surface area contributed by atoms with Crippen LogP contribution in [-0.4, -0.2) is 26.7 Å². The maximum atomic E-state index is 10.7. The molecule has 1 N–H and O–H groups in total. The van der Waals surface area contributed by atoms with E-state index in [0.29, 0.717) is 6.42 Å². The molecule has 1 aliphatic rings. The first kappa shape index (κ1) is 15.1. The van der Waals surface area contributed by atoms with E-state index >= 15 is 0 Å². The van der Waals surface area contributed by atoms with Crippen LogP contribution >= 0.6 is 27.7 Å². The zero-order valence-corrected chi connectivity index (χ0v) is 14.6. The maximum Gasteiger partial charge on any atom is 0.0766 e. The van der Waals surface area contributed by atoms with Crippen molar-refractivity contribution in [3.05, 3.63) is 45.7 Å². The molecule has 0 saturated heterocycles. The molecule has 5 heteroatoms. The molecule has 2 heterocycles. The summed E-state index contributed by atoms with van der Waals surface area (Å²) in [6, 6.07) is 8.40. The summed E-state index contributed by atoms with van der Waals surface area (Å²) in [6.07, 6.45) is 1.15. The number of aromatic nitrogens is 2. The van der Waals surface area contributed by atoms with E-state index in [1.165, 1.54) is 10.5 Å². The highest BCUT2D eigenvalue weighted by Crippen LogP contribution is 2.42. The Labute approximate surface area is 137 Å². The van der Waals surface area contributed by atoms with Crippen LogP contribution in [-0.2, 0) is 19.9 Å². The molecule has 3 nitrogen and oxygen atoms in total. The number of aryl methyl sites for hydroxylation is 2. The van der Waals surface area contributed by atoms with Gasteiger partial charge in [-0.05, 0) is 34.0 Å². The van der Waals surface area contributed by atoms with E-state index in [0.717, 1.165) is 28.0 Å². The second-order valence-corrected chi connectivity index (χ2v) is 7.27. The van der Waals surface area contributed by atoms with E-state index in [1.54, 1.807) is 0 Å². The second-order valence-electron chi connectivity index (χ2n) is 5.41. The molecule has 0 radical (unpaired) electrons. The van der Waals surface area contributed by atoms with Gasteiger partial charge in [-0.25, -0.2) is 0 Å². The number of benzene rings is 1. The van der Waals surface area contributed by atoms with Gasteiger partial charge in [0.25, 0.3) is 0 Å². The van der Waals surface area contributed by atoms with Crippen LogP contribution in [0.5, 0.6) is 0 Å². The van der Waals surface area contributed by atoms with Gasteiger partial charge in [-0.2, -0.15) is 5.10 Å². The average Bonchev–Trinajstić information content (AvgIpc) is 3.03. The molecule has 2 atom stereocenters. The molecule has 3 rings (SSSR count). The lowest BCUT2D eigenvalue weighted by Gasteiger charge is -2.19. The molecular weight excluding hydrogens is 348 g/mol. The fourth-order valence-electron chi connectivity index (χ4n) is 2.89. The number of aliphatic hydroxyl groups is 1. The molecule has 0 bridgehead atoms. The van der Waals surface area contributed by atoms with Gasteiger partial charge in [0.1, 0.15) is 0 Å². The Balaban J connectivity index is 1.82. The van der Waals surface area contributed by atoms with Gasteiger partial charge in [0, 0.05) is 30.0 Å². The third-order valence-electron chi connectivity index (χ3n) is 4.11. The highest BCUT2D eigenvalue weighted by Gasteiger charge is 2.30. The predicted molar refractivity (Wildman–Crippen MR) is 89.9 cm³/mol. The van der Waals surface area contributed by atoms with E-state index in [-0.39, 0.29) is 12.0 Å². The monoisotopic (exact) mass is 366 g/mol. The molecule has 1 aromatic carbocycles. The smallest absolute Gasteiger partial charge is 0.0766 e. The molecule has 1 aliphatic heterocycles. The van der Waals surface area contributed by atoms with Gasteiger partial charge >= 0.3 is 0 Å². The van der Waals surface area contributed by atoms with Crippen LogP contribution in [0.3, 0.4) is 0 Å². The molecule has 2 aromatic rings. The first-order chi connectivity index (χ1) is 10.1. The molecule has 21 heavy (non-hydrogen) atoms. The number of nitrogens with zero attached hydrogens (tertiary/aromatic N) is 2. The second kappa shape index (κ2) is 6.15. The Morgan fingerprint density at radius 2 is 2.24 bits per heavy atom. The van der Waals surface area contributed by atoms with E-state index < -0.39 is 0 Å². The first-order valence-electron chi connectivity index (χ1n) is 7.21. The van der Waals surface area contributed by atoms with Crippen LogP contribution < -0.4 is 0 Å². The SMILES string of the molecule is CCc1nn(C)c(CC(O)C2CSc3ccccc32)c1Br. The van der Waals surface area contributed by atoms with Crippen LogP contribution in [0.2, 0.25) is 0 Å². The number of aliphatic hydroxyl groups excluding tert-OH is 1. The lowest BCUT2D eigenvalue weighted by molar-refractivity contribution is 0.149. The Kier molecular flexibility index (Phi) is 4.43. The van der Waals surface area contributed by atoms with Crippen molar-refractivity contribution in [3.8, 4) is 0 Å². The summed E-state index contributed by atoms with van der Waals surface area (Å²) in [5, 5.41) is 15.2. The Hall–Kier alpha value is -0.780. The summed E-state index contributed by atoms with van der Waals surface area (Å²) in [4.78, 5) is 1.31. The van der Waals surface area contributed by atoms with Crippen molar-refractivity contribution in [3.63, 3.8) is 0 Å². The average molecular weight is 367 g/mol. The number of halogens is 1. The molecule has 112 valence electrons. The fourth-order valence-corrected chi connectivity index (χ4v) is 4.99. The molecule has 0 aliphatic carbocycles. The molecule has 0 saturated carbocycles. The lowest BCUT2D eigenvalue weighted by atomic mass is 9.92. The van der Waals surface area contributed by atoms with Gasteiger partial charge in [-0.1, -0.05) is 25.1 Å². The van der Waals surface area contributed by atoms with E-state index in [4.69, 9.17) is 0 Å². The van der Waals surface area contributed by atoms with Gasteiger partial charge in [-0.15, -0.1) is 11.8 Å². The highest BCUT2D eigenvalue weighted by atomic mass is 79.9. The summed E-state index contributed by atoms with van der Waals surface area (Å²) in [7, 11) is 1.95. The van der Waals surface area contributed by atoms with Crippen molar-refractivity contribution in [2.75, 3.05) is 5.75 Å². The van der Waals surface area contributed by atoms with Crippen molar-refractivity contribution in [1.29, 1.82) is 0 Å².